The van der Waals surface area contributed by atoms with Gasteiger partial charge in [0, 0.05) is 13.1 Å². The molecule has 2 aliphatic rings. The summed E-state index contributed by atoms with van der Waals surface area (Å²) < 4.78 is 5.59. The molecule has 0 aromatic heterocycles. The third-order valence-corrected chi connectivity index (χ3v) is 3.04. The molecular weight excluding hydrogens is 212 g/mol. The van der Waals surface area contributed by atoms with Gasteiger partial charge in [0.2, 0.25) is 0 Å². The number of carboxylic acid groups (broad SMARTS) is 1. The predicted molar refractivity (Wildman–Crippen MR) is 55.1 cm³/mol. The van der Waals surface area contributed by atoms with Gasteiger partial charge in [-0.25, -0.2) is 4.79 Å². The molecule has 3 atom stereocenters. The van der Waals surface area contributed by atoms with E-state index in [9.17, 15) is 9.59 Å². The molecule has 0 aliphatic carbocycles. The fourth-order valence-electron chi connectivity index (χ4n) is 2.12. The first-order valence-electron chi connectivity index (χ1n) is 5.50. The van der Waals surface area contributed by atoms with E-state index in [1.165, 1.54) is 6.92 Å². The minimum atomic E-state index is -1.02. The van der Waals surface area contributed by atoms with Crippen molar-refractivity contribution in [2.45, 2.75) is 38.0 Å². The van der Waals surface area contributed by atoms with Gasteiger partial charge in [-0.15, -0.1) is 0 Å². The molecule has 0 spiro atoms. The number of aliphatic carboxylic acids is 1. The highest BCUT2D eigenvalue weighted by molar-refractivity contribution is 5.82. The van der Waals surface area contributed by atoms with E-state index in [1.54, 1.807) is 4.90 Å². The Kier molecular flexibility index (Phi) is 3.00. The molecule has 0 radical (unpaired) electrons. The van der Waals surface area contributed by atoms with Crippen LogP contribution in [0.1, 0.15) is 19.8 Å². The molecular formula is C10H16N2O4. The zero-order valence-electron chi connectivity index (χ0n) is 9.18. The van der Waals surface area contributed by atoms with E-state index >= 15 is 0 Å². The second-order valence-electron chi connectivity index (χ2n) is 4.37. The molecule has 2 fully saturated rings. The third-order valence-electron chi connectivity index (χ3n) is 3.04. The number of urea groups is 1. The molecule has 0 saturated carbocycles. The smallest absolute Gasteiger partial charge is 0.325 e. The van der Waals surface area contributed by atoms with Crippen LogP contribution in [0.3, 0.4) is 0 Å². The zero-order chi connectivity index (χ0) is 11.7. The van der Waals surface area contributed by atoms with Gasteiger partial charge in [0.05, 0.1) is 12.2 Å². The van der Waals surface area contributed by atoms with Gasteiger partial charge >= 0.3 is 12.0 Å². The lowest BCUT2D eigenvalue weighted by atomic mass is 10.2. The summed E-state index contributed by atoms with van der Waals surface area (Å²) in [6.07, 6.45) is 2.24. The number of carbonyl (C=O) groups is 2. The maximum atomic E-state index is 11.7. The molecule has 2 amide bonds. The van der Waals surface area contributed by atoms with Crippen molar-refractivity contribution in [1.82, 2.24) is 10.2 Å². The number of likely N-dealkylation sites (tertiary alicyclic amines) is 1. The van der Waals surface area contributed by atoms with Crippen molar-refractivity contribution in [2.24, 2.45) is 0 Å². The number of carbonyl (C=O) groups excluding carboxylic acids is 1. The Morgan fingerprint density at radius 1 is 1.38 bits per heavy atom. The van der Waals surface area contributed by atoms with E-state index in [0.717, 1.165) is 12.8 Å². The van der Waals surface area contributed by atoms with Gasteiger partial charge in [0.1, 0.15) is 6.04 Å². The molecule has 3 unspecified atom stereocenters. The first-order valence-corrected chi connectivity index (χ1v) is 5.50. The number of ether oxygens (including phenoxy) is 1. The summed E-state index contributed by atoms with van der Waals surface area (Å²) in [7, 11) is 0. The Balaban J connectivity index is 1.88. The van der Waals surface area contributed by atoms with Crippen molar-refractivity contribution in [3.63, 3.8) is 0 Å². The highest BCUT2D eigenvalue weighted by Crippen LogP contribution is 2.26. The van der Waals surface area contributed by atoms with Crippen LogP contribution in [0.25, 0.3) is 0 Å². The Bertz CT molecular complexity index is 295. The maximum Gasteiger partial charge on any atom is 0.325 e. The number of rotatable bonds is 2. The second kappa shape index (κ2) is 4.29. The van der Waals surface area contributed by atoms with Crippen LogP contribution in [0.15, 0.2) is 0 Å². The average Bonchev–Trinajstić information content (AvgIpc) is 2.57. The van der Waals surface area contributed by atoms with E-state index in [1.807, 2.05) is 0 Å². The number of hydrogen-bond acceptors (Lipinski definition) is 3. The molecule has 6 nitrogen and oxygen atoms in total. The lowest BCUT2D eigenvalue weighted by Gasteiger charge is -2.32. The van der Waals surface area contributed by atoms with Crippen molar-refractivity contribution in [3.8, 4) is 0 Å². The number of nitrogens with zero attached hydrogens (tertiary/aromatic N) is 1. The Morgan fingerprint density at radius 3 is 2.44 bits per heavy atom. The molecule has 0 aromatic rings. The van der Waals surface area contributed by atoms with Gasteiger partial charge in [0.15, 0.2) is 0 Å². The van der Waals surface area contributed by atoms with Crippen LogP contribution in [-0.4, -0.2) is 53.3 Å². The predicted octanol–water partition coefficient (Wildman–Crippen LogP) is 0.0323. The molecule has 16 heavy (non-hydrogen) atoms. The SMILES string of the molecule is CC(NC(=O)N1CC2CCC(C1)O2)C(=O)O. The summed E-state index contributed by atoms with van der Waals surface area (Å²) in [5, 5.41) is 11.1. The van der Waals surface area contributed by atoms with Crippen molar-refractivity contribution in [3.05, 3.63) is 0 Å². The highest BCUT2D eigenvalue weighted by atomic mass is 16.5. The number of fused-ring (bicyclic) bond motifs is 2. The van der Waals surface area contributed by atoms with Gasteiger partial charge in [-0.1, -0.05) is 0 Å². The number of amides is 2. The number of morpholine rings is 1. The van der Waals surface area contributed by atoms with Crippen LogP contribution in [0.5, 0.6) is 0 Å². The van der Waals surface area contributed by atoms with Gasteiger partial charge < -0.3 is 20.1 Å². The molecule has 0 aromatic carbocycles. The van der Waals surface area contributed by atoms with Crippen LogP contribution in [0.4, 0.5) is 4.79 Å². The summed E-state index contributed by atoms with van der Waals surface area (Å²) in [5.41, 5.74) is 0. The normalized spacial score (nSPS) is 29.9. The summed E-state index contributed by atoms with van der Waals surface area (Å²) >= 11 is 0. The highest BCUT2D eigenvalue weighted by Gasteiger charge is 2.36. The van der Waals surface area contributed by atoms with Gasteiger partial charge in [-0.3, -0.25) is 4.79 Å². The molecule has 2 N–H and O–H groups in total. The third kappa shape index (κ3) is 2.27. The molecule has 90 valence electrons. The molecule has 2 aliphatic heterocycles. The van der Waals surface area contributed by atoms with E-state index in [0.29, 0.717) is 13.1 Å². The van der Waals surface area contributed by atoms with Crippen LogP contribution in [0.2, 0.25) is 0 Å². The monoisotopic (exact) mass is 228 g/mol. The maximum absolute atomic E-state index is 11.7. The van der Waals surface area contributed by atoms with Crippen LogP contribution in [0, 0.1) is 0 Å². The van der Waals surface area contributed by atoms with E-state index in [2.05, 4.69) is 5.32 Å². The largest absolute Gasteiger partial charge is 0.480 e. The number of hydrogen-bond donors (Lipinski definition) is 2. The number of carboxylic acids is 1. The topological polar surface area (TPSA) is 78.9 Å². The van der Waals surface area contributed by atoms with Gasteiger partial charge in [0.25, 0.3) is 0 Å². The van der Waals surface area contributed by atoms with E-state index in [4.69, 9.17) is 9.84 Å². The minimum absolute atomic E-state index is 0.129. The fraction of sp³-hybridized carbons (Fsp3) is 0.800. The van der Waals surface area contributed by atoms with Gasteiger partial charge in [-0.2, -0.15) is 0 Å². The minimum Gasteiger partial charge on any atom is -0.480 e. The molecule has 2 bridgehead atoms. The Hall–Kier alpha value is -1.30. The van der Waals surface area contributed by atoms with Crippen LogP contribution in [-0.2, 0) is 9.53 Å². The second-order valence-corrected chi connectivity index (χ2v) is 4.37. The number of nitrogens with one attached hydrogen (secondary N) is 1. The van der Waals surface area contributed by atoms with Crippen molar-refractivity contribution >= 4 is 12.0 Å². The van der Waals surface area contributed by atoms with Crippen LogP contribution < -0.4 is 5.32 Å². The van der Waals surface area contributed by atoms with E-state index < -0.39 is 12.0 Å². The fourth-order valence-corrected chi connectivity index (χ4v) is 2.12. The molecule has 6 heteroatoms. The average molecular weight is 228 g/mol. The lowest BCUT2D eigenvalue weighted by Crippen LogP contribution is -2.52. The molecule has 2 rings (SSSR count). The summed E-state index contributed by atoms with van der Waals surface area (Å²) in [4.78, 5) is 24.0. The van der Waals surface area contributed by atoms with Crippen molar-refractivity contribution in [2.75, 3.05) is 13.1 Å². The quantitative estimate of drug-likeness (QED) is 0.699. The lowest BCUT2D eigenvalue weighted by molar-refractivity contribution is -0.138. The van der Waals surface area contributed by atoms with Crippen molar-refractivity contribution < 1.29 is 19.4 Å². The van der Waals surface area contributed by atoms with E-state index in [-0.39, 0.29) is 18.2 Å². The Morgan fingerprint density at radius 2 is 1.94 bits per heavy atom. The molecule has 2 heterocycles. The molecule has 2 saturated heterocycles. The standard InChI is InChI=1S/C10H16N2O4/c1-6(9(13)14)11-10(15)12-4-7-2-3-8(5-12)16-7/h6-8H,2-5H2,1H3,(H,11,15)(H,13,14). The first kappa shape index (κ1) is 11.2. The van der Waals surface area contributed by atoms with Gasteiger partial charge in [-0.05, 0) is 19.8 Å². The zero-order valence-corrected chi connectivity index (χ0v) is 9.18. The summed E-state index contributed by atoms with van der Waals surface area (Å²) in [6, 6.07) is -1.16. The van der Waals surface area contributed by atoms with Crippen molar-refractivity contribution in [1.29, 1.82) is 0 Å². The van der Waals surface area contributed by atoms with Crippen LogP contribution >= 0.6 is 0 Å². The summed E-state index contributed by atoms with van der Waals surface area (Å²) in [5.74, 6) is -1.02. The Labute approximate surface area is 93.6 Å². The first-order chi connectivity index (χ1) is 7.56. The summed E-state index contributed by atoms with van der Waals surface area (Å²) in [6.45, 7) is 2.58.